The topological polar surface area (TPSA) is 86.0 Å². The number of methoxy groups -OCH3 is 2. The van der Waals surface area contributed by atoms with Gasteiger partial charge in [0.25, 0.3) is 5.91 Å². The summed E-state index contributed by atoms with van der Waals surface area (Å²) in [6.07, 6.45) is 3.21. The fourth-order valence-electron chi connectivity index (χ4n) is 2.96. The van der Waals surface area contributed by atoms with Crippen LogP contribution in [0.25, 0.3) is 11.0 Å². The second-order valence-corrected chi connectivity index (χ2v) is 6.34. The zero-order valence-electron chi connectivity index (χ0n) is 16.5. The maximum absolute atomic E-state index is 13.0. The highest BCUT2D eigenvalue weighted by Crippen LogP contribution is 2.30. The number of rotatable bonds is 5. The molecule has 0 bridgehead atoms. The van der Waals surface area contributed by atoms with Crippen molar-refractivity contribution in [3.63, 3.8) is 0 Å². The van der Waals surface area contributed by atoms with Gasteiger partial charge in [0.2, 0.25) is 5.55 Å². The lowest BCUT2D eigenvalue weighted by atomic mass is 10.1. The van der Waals surface area contributed by atoms with E-state index in [1.165, 1.54) is 0 Å². The first-order chi connectivity index (χ1) is 14.7. The second kappa shape index (κ2) is 8.48. The van der Waals surface area contributed by atoms with Gasteiger partial charge in [0.05, 0.1) is 19.9 Å². The first-order valence-corrected chi connectivity index (χ1v) is 9.19. The molecule has 0 spiro atoms. The number of benzene rings is 2. The fourth-order valence-corrected chi connectivity index (χ4v) is 2.96. The smallest absolute Gasteiger partial charge is 0.261 e. The van der Waals surface area contributed by atoms with Gasteiger partial charge >= 0.3 is 0 Å². The van der Waals surface area contributed by atoms with Crippen LogP contribution in [0.3, 0.4) is 0 Å². The van der Waals surface area contributed by atoms with E-state index in [1.807, 2.05) is 24.3 Å². The average Bonchev–Trinajstić information content (AvgIpc) is 2.79. The Morgan fingerprint density at radius 2 is 1.73 bits per heavy atom. The summed E-state index contributed by atoms with van der Waals surface area (Å²) in [6, 6.07) is 17.9. The van der Waals surface area contributed by atoms with Gasteiger partial charge in [-0.2, -0.15) is 0 Å². The summed E-state index contributed by atoms with van der Waals surface area (Å²) in [5.41, 5.74) is 2.30. The molecule has 0 atom stereocenters. The Labute approximate surface area is 172 Å². The molecular weight excluding hydrogens is 382 g/mol. The second-order valence-electron chi connectivity index (χ2n) is 6.34. The van der Waals surface area contributed by atoms with Crippen LogP contribution in [0.4, 0.5) is 11.4 Å². The van der Waals surface area contributed by atoms with Crippen LogP contribution in [0.15, 0.2) is 82.5 Å². The number of carbonyl (C=O) groups excluding carboxylic acids is 1. The van der Waals surface area contributed by atoms with E-state index in [4.69, 9.17) is 13.9 Å². The summed E-state index contributed by atoms with van der Waals surface area (Å²) in [6.45, 7) is 0. The van der Waals surface area contributed by atoms with Crippen molar-refractivity contribution in [2.24, 2.45) is 4.99 Å². The molecule has 2 aromatic heterocycles. The Kier molecular flexibility index (Phi) is 5.43. The molecule has 7 nitrogen and oxygen atoms in total. The lowest BCUT2D eigenvalue weighted by molar-refractivity contribution is 0.102. The average molecular weight is 401 g/mol. The Hall–Kier alpha value is -4.13. The molecule has 4 aromatic rings. The van der Waals surface area contributed by atoms with E-state index >= 15 is 0 Å². The van der Waals surface area contributed by atoms with Crippen LogP contribution in [0.1, 0.15) is 10.4 Å². The highest BCUT2D eigenvalue weighted by Gasteiger charge is 2.14. The summed E-state index contributed by atoms with van der Waals surface area (Å²) in [5.74, 6) is 0.778. The van der Waals surface area contributed by atoms with Crippen LogP contribution in [-0.2, 0) is 0 Å². The molecule has 2 heterocycles. The van der Waals surface area contributed by atoms with Gasteiger partial charge in [-0.3, -0.25) is 9.78 Å². The molecule has 2 aromatic carbocycles. The number of fused-ring (bicyclic) bond motifs is 1. The Morgan fingerprint density at radius 3 is 2.50 bits per heavy atom. The summed E-state index contributed by atoms with van der Waals surface area (Å²) in [5, 5.41) is 3.64. The van der Waals surface area contributed by atoms with Crippen molar-refractivity contribution in [1.82, 2.24) is 4.98 Å². The Morgan fingerprint density at radius 1 is 0.967 bits per heavy atom. The number of hydrogen-bond donors (Lipinski definition) is 1. The molecule has 7 heteroatoms. The molecule has 0 aliphatic heterocycles. The van der Waals surface area contributed by atoms with E-state index in [0.29, 0.717) is 34.0 Å². The van der Waals surface area contributed by atoms with E-state index < -0.39 is 0 Å². The van der Waals surface area contributed by atoms with Gasteiger partial charge in [-0.15, -0.1) is 0 Å². The Balaban J connectivity index is 1.84. The highest BCUT2D eigenvalue weighted by atomic mass is 16.5. The van der Waals surface area contributed by atoms with Crippen LogP contribution >= 0.6 is 0 Å². The maximum atomic E-state index is 13.0. The zero-order valence-corrected chi connectivity index (χ0v) is 16.5. The molecule has 0 aliphatic rings. The molecular formula is C23H19N3O4. The van der Waals surface area contributed by atoms with Crippen LogP contribution < -0.4 is 20.3 Å². The van der Waals surface area contributed by atoms with Gasteiger partial charge in [-0.05, 0) is 36.4 Å². The largest absolute Gasteiger partial charge is 0.493 e. The summed E-state index contributed by atoms with van der Waals surface area (Å²) in [4.78, 5) is 21.5. The molecule has 0 saturated heterocycles. The number of nitrogens with zero attached hydrogens (tertiary/aromatic N) is 2. The van der Waals surface area contributed by atoms with E-state index in [1.54, 1.807) is 63.0 Å². The number of ether oxygens (including phenoxy) is 2. The highest BCUT2D eigenvalue weighted by molar-refractivity contribution is 6.05. The van der Waals surface area contributed by atoms with Crippen LogP contribution in [0.2, 0.25) is 0 Å². The molecule has 30 heavy (non-hydrogen) atoms. The van der Waals surface area contributed by atoms with E-state index in [9.17, 15) is 4.79 Å². The quantitative estimate of drug-likeness (QED) is 0.538. The predicted octanol–water partition coefficient (Wildman–Crippen LogP) is 4.33. The molecule has 0 aliphatic carbocycles. The van der Waals surface area contributed by atoms with Crippen LogP contribution in [0.5, 0.6) is 11.5 Å². The fraction of sp³-hybridized carbons (Fsp3) is 0.0870. The van der Waals surface area contributed by atoms with Crippen LogP contribution in [0, 0.1) is 0 Å². The van der Waals surface area contributed by atoms with E-state index in [-0.39, 0.29) is 11.5 Å². The SMILES string of the molecule is COc1ccc(N=c2oc3ccccc3cc2C(=O)Nc2ccncc2)cc1OC. The summed E-state index contributed by atoms with van der Waals surface area (Å²) < 4.78 is 16.6. The normalized spacial score (nSPS) is 11.3. The van der Waals surface area contributed by atoms with Crippen molar-refractivity contribution >= 4 is 28.3 Å². The van der Waals surface area contributed by atoms with Gasteiger partial charge in [0.1, 0.15) is 11.1 Å². The van der Waals surface area contributed by atoms with E-state index in [2.05, 4.69) is 15.3 Å². The van der Waals surface area contributed by atoms with Crippen molar-refractivity contribution in [1.29, 1.82) is 0 Å². The minimum absolute atomic E-state index is 0.187. The Bertz CT molecular complexity index is 1270. The predicted molar refractivity (Wildman–Crippen MR) is 113 cm³/mol. The van der Waals surface area contributed by atoms with Gasteiger partial charge < -0.3 is 19.2 Å². The molecule has 0 radical (unpaired) electrons. The zero-order chi connectivity index (χ0) is 20.9. The first kappa shape index (κ1) is 19.2. The van der Waals surface area contributed by atoms with Crippen molar-refractivity contribution in [3.8, 4) is 11.5 Å². The van der Waals surface area contributed by atoms with Crippen LogP contribution in [-0.4, -0.2) is 25.1 Å². The summed E-state index contributed by atoms with van der Waals surface area (Å²) in [7, 11) is 3.12. The van der Waals surface area contributed by atoms with Gasteiger partial charge in [-0.25, -0.2) is 4.99 Å². The monoisotopic (exact) mass is 401 g/mol. The third kappa shape index (κ3) is 4.00. The van der Waals surface area contributed by atoms with Gasteiger partial charge in [0, 0.05) is 29.5 Å². The molecule has 0 unspecified atom stereocenters. The number of para-hydroxylation sites is 1. The number of nitrogens with one attached hydrogen (secondary N) is 1. The maximum Gasteiger partial charge on any atom is 0.261 e. The summed E-state index contributed by atoms with van der Waals surface area (Å²) >= 11 is 0. The standard InChI is InChI=1S/C23H19N3O4/c1-28-20-8-7-17(14-21(20)29-2)26-23-18(13-15-5-3-4-6-19(15)30-23)22(27)25-16-9-11-24-12-10-16/h3-14H,1-2H3,(H,24,25,27). The molecule has 150 valence electrons. The molecule has 1 N–H and O–H groups in total. The number of aromatic nitrogens is 1. The molecule has 0 fully saturated rings. The molecule has 4 rings (SSSR count). The molecule has 0 saturated carbocycles. The van der Waals surface area contributed by atoms with Crippen molar-refractivity contribution in [3.05, 3.63) is 84.2 Å². The minimum Gasteiger partial charge on any atom is -0.493 e. The van der Waals surface area contributed by atoms with E-state index in [0.717, 1.165) is 5.39 Å². The number of hydrogen-bond acceptors (Lipinski definition) is 6. The van der Waals surface area contributed by atoms with Crippen molar-refractivity contribution in [2.45, 2.75) is 0 Å². The number of pyridine rings is 1. The first-order valence-electron chi connectivity index (χ1n) is 9.19. The minimum atomic E-state index is -0.338. The lowest BCUT2D eigenvalue weighted by Crippen LogP contribution is -2.21. The number of anilines is 1. The van der Waals surface area contributed by atoms with Crippen molar-refractivity contribution < 1.29 is 18.7 Å². The number of amides is 1. The van der Waals surface area contributed by atoms with Gasteiger partial charge in [-0.1, -0.05) is 18.2 Å². The third-order valence-corrected chi connectivity index (χ3v) is 4.44. The lowest BCUT2D eigenvalue weighted by Gasteiger charge is -2.08. The van der Waals surface area contributed by atoms with Crippen molar-refractivity contribution in [2.75, 3.05) is 19.5 Å². The molecule has 1 amide bonds. The number of carbonyl (C=O) groups is 1. The third-order valence-electron chi connectivity index (χ3n) is 4.44. The van der Waals surface area contributed by atoms with Gasteiger partial charge in [0.15, 0.2) is 11.5 Å².